The quantitative estimate of drug-likeness (QED) is 0.743. The van der Waals surface area contributed by atoms with Gasteiger partial charge in [0.05, 0.1) is 5.92 Å². The zero-order chi connectivity index (χ0) is 11.3. The number of carboxylic acid groups (broad SMARTS) is 1. The van der Waals surface area contributed by atoms with E-state index in [2.05, 4.69) is 15.3 Å². The van der Waals surface area contributed by atoms with Crippen LogP contribution in [0.2, 0.25) is 0 Å². The summed E-state index contributed by atoms with van der Waals surface area (Å²) in [6, 6.07) is 3.38. The Kier molecular flexibility index (Phi) is 3.57. The van der Waals surface area contributed by atoms with E-state index in [9.17, 15) is 4.79 Å². The zero-order valence-electron chi connectivity index (χ0n) is 8.14. The number of anilines is 1. The smallest absolute Gasteiger partial charge is 0.308 e. The average Bonchev–Trinajstić information content (AvgIpc) is 2.26. The highest BCUT2D eigenvalue weighted by molar-refractivity contribution is 5.70. The number of hydrogen-bond acceptors (Lipinski definition) is 5. The third-order valence-corrected chi connectivity index (χ3v) is 1.77. The molecule has 1 atom stereocenters. The molecule has 0 saturated heterocycles. The van der Waals surface area contributed by atoms with Crippen LogP contribution in [-0.2, 0) is 4.79 Å². The number of rotatable bonds is 4. The first-order chi connectivity index (χ1) is 7.13. The van der Waals surface area contributed by atoms with Gasteiger partial charge in [-0.1, -0.05) is 6.92 Å². The molecule has 1 aromatic rings. The Morgan fingerprint density at radius 1 is 1.80 bits per heavy atom. The fraction of sp³-hybridized carbons (Fsp3) is 0.333. The second-order valence-electron chi connectivity index (χ2n) is 3.00. The predicted molar refractivity (Wildman–Crippen MR) is 52.0 cm³/mol. The van der Waals surface area contributed by atoms with E-state index in [1.165, 1.54) is 6.20 Å². The molecule has 2 N–H and O–H groups in total. The van der Waals surface area contributed by atoms with Gasteiger partial charge in [-0.25, -0.2) is 9.97 Å². The van der Waals surface area contributed by atoms with E-state index in [1.54, 1.807) is 19.1 Å². The number of carboxylic acids is 1. The van der Waals surface area contributed by atoms with Gasteiger partial charge in [0.2, 0.25) is 5.82 Å². The van der Waals surface area contributed by atoms with Crippen LogP contribution in [0.3, 0.4) is 0 Å². The van der Waals surface area contributed by atoms with Gasteiger partial charge in [-0.2, -0.15) is 5.26 Å². The van der Waals surface area contributed by atoms with Crippen LogP contribution >= 0.6 is 0 Å². The average molecular weight is 206 g/mol. The lowest BCUT2D eigenvalue weighted by molar-refractivity contribution is -0.140. The Balaban J connectivity index is 2.58. The Bertz CT molecular complexity index is 399. The molecular formula is C9H10N4O2. The van der Waals surface area contributed by atoms with Crippen LogP contribution in [0.25, 0.3) is 0 Å². The van der Waals surface area contributed by atoms with Gasteiger partial charge in [-0.05, 0) is 6.07 Å². The predicted octanol–water partition coefficient (Wildman–Crippen LogP) is 0.481. The van der Waals surface area contributed by atoms with Crippen LogP contribution in [0.1, 0.15) is 12.7 Å². The Morgan fingerprint density at radius 3 is 3.13 bits per heavy atom. The zero-order valence-corrected chi connectivity index (χ0v) is 8.14. The van der Waals surface area contributed by atoms with Crippen LogP contribution in [0.5, 0.6) is 0 Å². The fourth-order valence-electron chi connectivity index (χ4n) is 0.856. The Hall–Kier alpha value is -2.16. The number of aliphatic carboxylic acids is 1. The molecular weight excluding hydrogens is 196 g/mol. The maximum Gasteiger partial charge on any atom is 0.308 e. The molecule has 0 spiro atoms. The molecule has 78 valence electrons. The highest BCUT2D eigenvalue weighted by atomic mass is 16.4. The summed E-state index contributed by atoms with van der Waals surface area (Å²) in [5, 5.41) is 20.0. The molecule has 0 radical (unpaired) electrons. The van der Waals surface area contributed by atoms with Crippen molar-refractivity contribution in [2.24, 2.45) is 5.92 Å². The normalized spacial score (nSPS) is 11.5. The number of nitrogens with zero attached hydrogens (tertiary/aromatic N) is 3. The SMILES string of the molecule is CC(CNc1ccnc(C#N)n1)C(=O)O. The number of carbonyl (C=O) groups is 1. The van der Waals surface area contributed by atoms with Crippen molar-refractivity contribution < 1.29 is 9.90 Å². The minimum absolute atomic E-state index is 0.0583. The molecule has 1 heterocycles. The molecule has 0 aliphatic rings. The lowest BCUT2D eigenvalue weighted by Crippen LogP contribution is -2.20. The van der Waals surface area contributed by atoms with E-state index >= 15 is 0 Å². The molecule has 0 fully saturated rings. The van der Waals surface area contributed by atoms with Crippen LogP contribution in [0.4, 0.5) is 5.82 Å². The summed E-state index contributed by atoms with van der Waals surface area (Å²) < 4.78 is 0. The lowest BCUT2D eigenvalue weighted by atomic mass is 10.2. The molecule has 0 amide bonds. The lowest BCUT2D eigenvalue weighted by Gasteiger charge is -2.08. The van der Waals surface area contributed by atoms with E-state index in [0.29, 0.717) is 5.82 Å². The minimum Gasteiger partial charge on any atom is -0.481 e. The van der Waals surface area contributed by atoms with E-state index < -0.39 is 11.9 Å². The van der Waals surface area contributed by atoms with Crippen molar-refractivity contribution in [1.29, 1.82) is 5.26 Å². The molecule has 1 unspecified atom stereocenters. The second-order valence-corrected chi connectivity index (χ2v) is 3.00. The van der Waals surface area contributed by atoms with E-state index in [0.717, 1.165) is 0 Å². The maximum absolute atomic E-state index is 10.5. The first-order valence-electron chi connectivity index (χ1n) is 4.33. The van der Waals surface area contributed by atoms with Crippen molar-refractivity contribution in [3.05, 3.63) is 18.1 Å². The van der Waals surface area contributed by atoms with Gasteiger partial charge in [0, 0.05) is 12.7 Å². The number of hydrogen-bond donors (Lipinski definition) is 2. The largest absolute Gasteiger partial charge is 0.481 e. The van der Waals surface area contributed by atoms with Gasteiger partial charge in [-0.15, -0.1) is 0 Å². The summed E-state index contributed by atoms with van der Waals surface area (Å²) in [6.07, 6.45) is 1.44. The molecule has 0 aliphatic carbocycles. The monoisotopic (exact) mass is 206 g/mol. The van der Waals surface area contributed by atoms with Crippen molar-refractivity contribution >= 4 is 11.8 Å². The summed E-state index contributed by atoms with van der Waals surface area (Å²) in [5.41, 5.74) is 0. The van der Waals surface area contributed by atoms with Crippen molar-refractivity contribution in [2.45, 2.75) is 6.92 Å². The topological polar surface area (TPSA) is 98.9 Å². The fourth-order valence-corrected chi connectivity index (χ4v) is 0.856. The van der Waals surface area contributed by atoms with Gasteiger partial charge in [0.15, 0.2) is 0 Å². The molecule has 0 aromatic carbocycles. The third kappa shape index (κ3) is 3.23. The standard InChI is InChI=1S/C9H10N4O2/c1-6(9(14)15)5-12-7-2-3-11-8(4-10)13-7/h2-3,6H,5H2,1H3,(H,14,15)(H,11,12,13). The van der Waals surface area contributed by atoms with Gasteiger partial charge in [-0.3, -0.25) is 4.79 Å². The van der Waals surface area contributed by atoms with Crippen molar-refractivity contribution in [2.75, 3.05) is 11.9 Å². The Labute approximate surface area is 86.6 Å². The van der Waals surface area contributed by atoms with Crippen LogP contribution in [0.15, 0.2) is 12.3 Å². The molecule has 0 bridgehead atoms. The van der Waals surface area contributed by atoms with E-state index in [-0.39, 0.29) is 12.4 Å². The molecule has 6 nitrogen and oxygen atoms in total. The minimum atomic E-state index is -0.878. The highest BCUT2D eigenvalue weighted by Gasteiger charge is 2.10. The van der Waals surface area contributed by atoms with Crippen LogP contribution in [-0.4, -0.2) is 27.6 Å². The molecule has 1 rings (SSSR count). The van der Waals surface area contributed by atoms with Crippen molar-refractivity contribution in [3.8, 4) is 6.07 Å². The van der Waals surface area contributed by atoms with Gasteiger partial charge >= 0.3 is 5.97 Å². The summed E-state index contributed by atoms with van der Waals surface area (Å²) in [7, 11) is 0. The highest BCUT2D eigenvalue weighted by Crippen LogP contribution is 2.03. The summed E-state index contributed by atoms with van der Waals surface area (Å²) in [5.74, 6) is -0.875. The summed E-state index contributed by atoms with van der Waals surface area (Å²) in [4.78, 5) is 18.1. The van der Waals surface area contributed by atoms with Crippen LogP contribution in [0, 0.1) is 17.2 Å². The third-order valence-electron chi connectivity index (χ3n) is 1.77. The van der Waals surface area contributed by atoms with E-state index in [1.807, 2.05) is 0 Å². The first kappa shape index (κ1) is 10.9. The number of nitrogens with one attached hydrogen (secondary N) is 1. The van der Waals surface area contributed by atoms with Crippen molar-refractivity contribution in [3.63, 3.8) is 0 Å². The molecule has 1 aromatic heterocycles. The van der Waals surface area contributed by atoms with Gasteiger partial charge < -0.3 is 10.4 Å². The first-order valence-corrected chi connectivity index (χ1v) is 4.33. The summed E-state index contributed by atoms with van der Waals surface area (Å²) in [6.45, 7) is 1.85. The number of aromatic nitrogens is 2. The molecule has 6 heteroatoms. The second kappa shape index (κ2) is 4.91. The molecule has 0 saturated carbocycles. The Morgan fingerprint density at radius 2 is 2.53 bits per heavy atom. The maximum atomic E-state index is 10.5. The molecule has 0 aliphatic heterocycles. The van der Waals surface area contributed by atoms with Gasteiger partial charge in [0.25, 0.3) is 0 Å². The number of nitriles is 1. The van der Waals surface area contributed by atoms with Gasteiger partial charge in [0.1, 0.15) is 11.9 Å². The summed E-state index contributed by atoms with van der Waals surface area (Å²) >= 11 is 0. The van der Waals surface area contributed by atoms with Crippen LogP contribution < -0.4 is 5.32 Å². The van der Waals surface area contributed by atoms with E-state index in [4.69, 9.17) is 10.4 Å². The molecule has 15 heavy (non-hydrogen) atoms. The van der Waals surface area contributed by atoms with Crippen molar-refractivity contribution in [1.82, 2.24) is 9.97 Å².